The topological polar surface area (TPSA) is 63.8 Å². The second-order valence-corrected chi connectivity index (χ2v) is 6.24. The molecule has 0 spiro atoms. The van der Waals surface area contributed by atoms with Crippen LogP contribution in [0.25, 0.3) is 0 Å². The summed E-state index contributed by atoms with van der Waals surface area (Å²) in [6.07, 6.45) is 2.23. The van der Waals surface area contributed by atoms with Gasteiger partial charge in [-0.3, -0.25) is 4.68 Å². The fraction of sp³-hybridized carbons (Fsp3) is 0.667. The van der Waals surface area contributed by atoms with Gasteiger partial charge in [-0.1, -0.05) is 0 Å². The number of hydrogen-bond acceptors (Lipinski definition) is 5. The van der Waals surface area contributed by atoms with Crippen molar-refractivity contribution in [1.82, 2.24) is 29.9 Å². The number of fused-ring (bicyclic) bond motifs is 1. The quantitative estimate of drug-likeness (QED) is 0.899. The molecule has 3 rings (SSSR count). The van der Waals surface area contributed by atoms with Crippen LogP contribution in [0.3, 0.4) is 0 Å². The maximum atomic E-state index is 4.53. The molecule has 1 unspecified atom stereocenters. The van der Waals surface area contributed by atoms with Crippen LogP contribution in [0.2, 0.25) is 0 Å². The van der Waals surface area contributed by atoms with E-state index in [9.17, 15) is 0 Å². The molecule has 0 saturated carbocycles. The predicted octanol–water partition coefficient (Wildman–Crippen LogP) is 1.18. The van der Waals surface area contributed by atoms with Gasteiger partial charge < -0.3 is 14.8 Å². The molecule has 0 radical (unpaired) electrons. The summed E-state index contributed by atoms with van der Waals surface area (Å²) >= 11 is 0. The number of nitrogens with one attached hydrogen (secondary N) is 1. The highest BCUT2D eigenvalue weighted by Gasteiger charge is 2.22. The van der Waals surface area contributed by atoms with E-state index in [2.05, 4.69) is 58.0 Å². The summed E-state index contributed by atoms with van der Waals surface area (Å²) in [6, 6.07) is 0.175. The van der Waals surface area contributed by atoms with E-state index in [4.69, 9.17) is 0 Å². The number of aromatic nitrogens is 5. The Hall–Kier alpha value is -1.89. The van der Waals surface area contributed by atoms with Gasteiger partial charge in [-0.05, 0) is 20.3 Å². The molecule has 1 aliphatic heterocycles. The lowest BCUT2D eigenvalue weighted by Gasteiger charge is -2.18. The first-order chi connectivity index (χ1) is 10.5. The van der Waals surface area contributed by atoms with Gasteiger partial charge >= 0.3 is 0 Å². The van der Waals surface area contributed by atoms with Crippen molar-refractivity contribution >= 4 is 5.82 Å². The molecule has 1 aliphatic rings. The van der Waals surface area contributed by atoms with Crippen molar-refractivity contribution in [3.8, 4) is 0 Å². The van der Waals surface area contributed by atoms with Crippen molar-refractivity contribution in [2.45, 2.75) is 45.8 Å². The zero-order valence-electron chi connectivity index (χ0n) is 14.1. The Morgan fingerprint density at radius 2 is 2.09 bits per heavy atom. The molecule has 1 atom stereocenters. The first-order valence-corrected chi connectivity index (χ1v) is 7.84. The van der Waals surface area contributed by atoms with Crippen molar-refractivity contribution in [2.24, 2.45) is 7.05 Å². The third-order valence-electron chi connectivity index (χ3n) is 4.35. The summed E-state index contributed by atoms with van der Waals surface area (Å²) in [6.45, 7) is 6.02. The van der Waals surface area contributed by atoms with E-state index in [-0.39, 0.29) is 6.04 Å². The van der Waals surface area contributed by atoms with E-state index >= 15 is 0 Å². The summed E-state index contributed by atoms with van der Waals surface area (Å²) in [5, 5.41) is 16.8. The molecule has 0 saturated heterocycles. The lowest BCUT2D eigenvalue weighted by Crippen LogP contribution is -2.23. The highest BCUT2D eigenvalue weighted by Crippen LogP contribution is 2.23. The van der Waals surface area contributed by atoms with Crippen LogP contribution in [0.15, 0.2) is 0 Å². The fourth-order valence-corrected chi connectivity index (χ4v) is 3.30. The molecule has 0 amide bonds. The molecule has 1 N–H and O–H groups in total. The third-order valence-corrected chi connectivity index (χ3v) is 4.35. The van der Waals surface area contributed by atoms with Crippen molar-refractivity contribution in [2.75, 3.05) is 19.0 Å². The summed E-state index contributed by atoms with van der Waals surface area (Å²) in [5.41, 5.74) is 2.30. The molecular formula is C15H25N7. The standard InChI is InChI=1S/C15H25N7/c1-10-12(15(20(3)4)21(5)19-10)9-16-11(2)14-18-17-13-7-6-8-22(13)14/h11,16H,6-9H2,1-5H3. The largest absolute Gasteiger partial charge is 0.363 e. The van der Waals surface area contributed by atoms with Gasteiger partial charge in [0.15, 0.2) is 0 Å². The Labute approximate surface area is 131 Å². The molecule has 120 valence electrons. The second kappa shape index (κ2) is 5.72. The van der Waals surface area contributed by atoms with Crippen LogP contribution in [-0.2, 0) is 26.6 Å². The SMILES string of the molecule is Cc1nn(C)c(N(C)C)c1CNC(C)c1nnc2n1CCC2. The average molecular weight is 303 g/mol. The lowest BCUT2D eigenvalue weighted by atomic mass is 10.2. The van der Waals surface area contributed by atoms with Gasteiger partial charge in [-0.25, -0.2) is 0 Å². The van der Waals surface area contributed by atoms with Gasteiger partial charge in [-0.2, -0.15) is 5.10 Å². The van der Waals surface area contributed by atoms with Gasteiger partial charge in [0, 0.05) is 46.2 Å². The van der Waals surface area contributed by atoms with Crippen LogP contribution in [0.4, 0.5) is 5.82 Å². The number of rotatable bonds is 5. The number of hydrogen-bond donors (Lipinski definition) is 1. The number of aryl methyl sites for hydroxylation is 3. The predicted molar refractivity (Wildman–Crippen MR) is 85.9 cm³/mol. The summed E-state index contributed by atoms with van der Waals surface area (Å²) in [5.74, 6) is 3.30. The van der Waals surface area contributed by atoms with Crippen LogP contribution in [-0.4, -0.2) is 38.6 Å². The minimum Gasteiger partial charge on any atom is -0.363 e. The van der Waals surface area contributed by atoms with Crippen molar-refractivity contribution in [3.05, 3.63) is 22.9 Å². The van der Waals surface area contributed by atoms with Crippen LogP contribution in [0, 0.1) is 6.92 Å². The zero-order chi connectivity index (χ0) is 15.9. The molecule has 22 heavy (non-hydrogen) atoms. The van der Waals surface area contributed by atoms with Crippen LogP contribution in [0.1, 0.15) is 42.3 Å². The molecule has 7 heteroatoms. The van der Waals surface area contributed by atoms with Crippen LogP contribution in [0.5, 0.6) is 0 Å². The van der Waals surface area contributed by atoms with E-state index in [1.54, 1.807) is 0 Å². The van der Waals surface area contributed by atoms with Crippen LogP contribution < -0.4 is 10.2 Å². The van der Waals surface area contributed by atoms with Gasteiger partial charge in [-0.15, -0.1) is 10.2 Å². The molecule has 3 heterocycles. The van der Waals surface area contributed by atoms with E-state index in [1.165, 1.54) is 12.0 Å². The fourth-order valence-electron chi connectivity index (χ4n) is 3.30. The Kier molecular flexibility index (Phi) is 3.90. The Morgan fingerprint density at radius 3 is 2.82 bits per heavy atom. The van der Waals surface area contributed by atoms with E-state index in [1.807, 2.05) is 11.7 Å². The smallest absolute Gasteiger partial charge is 0.149 e. The Bertz CT molecular complexity index is 668. The maximum absolute atomic E-state index is 4.53. The summed E-state index contributed by atoms with van der Waals surface area (Å²) in [4.78, 5) is 2.11. The average Bonchev–Trinajstić information content (AvgIpc) is 3.09. The molecular weight excluding hydrogens is 278 g/mol. The third kappa shape index (κ3) is 2.49. The number of nitrogens with zero attached hydrogens (tertiary/aromatic N) is 6. The second-order valence-electron chi connectivity index (χ2n) is 6.24. The van der Waals surface area contributed by atoms with E-state index < -0.39 is 0 Å². The van der Waals surface area contributed by atoms with Gasteiger partial charge in [0.1, 0.15) is 17.5 Å². The minimum atomic E-state index is 0.175. The summed E-state index contributed by atoms with van der Waals surface area (Å²) < 4.78 is 4.19. The number of anilines is 1. The highest BCUT2D eigenvalue weighted by molar-refractivity contribution is 5.48. The molecule has 2 aromatic heterocycles. The highest BCUT2D eigenvalue weighted by atomic mass is 15.4. The molecule has 0 bridgehead atoms. The first-order valence-electron chi connectivity index (χ1n) is 7.84. The molecule has 2 aromatic rings. The van der Waals surface area contributed by atoms with Gasteiger partial charge in [0.2, 0.25) is 0 Å². The molecule has 0 aliphatic carbocycles. The van der Waals surface area contributed by atoms with E-state index in [0.29, 0.717) is 0 Å². The van der Waals surface area contributed by atoms with E-state index in [0.717, 1.165) is 42.7 Å². The van der Waals surface area contributed by atoms with Crippen molar-refractivity contribution < 1.29 is 0 Å². The monoisotopic (exact) mass is 303 g/mol. The lowest BCUT2D eigenvalue weighted by molar-refractivity contribution is 0.515. The molecule has 0 fully saturated rings. The normalized spacial score (nSPS) is 15.1. The first kappa shape index (κ1) is 15.0. The Morgan fingerprint density at radius 1 is 1.32 bits per heavy atom. The van der Waals surface area contributed by atoms with Crippen molar-refractivity contribution in [3.63, 3.8) is 0 Å². The summed E-state index contributed by atoms with van der Waals surface area (Å²) in [7, 11) is 6.09. The molecule has 7 nitrogen and oxygen atoms in total. The van der Waals surface area contributed by atoms with Gasteiger partial charge in [0.25, 0.3) is 0 Å². The Balaban J connectivity index is 1.75. The molecule has 0 aromatic carbocycles. The zero-order valence-corrected chi connectivity index (χ0v) is 14.1. The van der Waals surface area contributed by atoms with Crippen molar-refractivity contribution in [1.29, 1.82) is 0 Å². The van der Waals surface area contributed by atoms with Crippen LogP contribution >= 0.6 is 0 Å². The maximum Gasteiger partial charge on any atom is 0.149 e. The van der Waals surface area contributed by atoms with Gasteiger partial charge in [0.05, 0.1) is 11.7 Å². The minimum absolute atomic E-state index is 0.175.